The molecule has 1 fully saturated rings. The van der Waals surface area contributed by atoms with Crippen molar-refractivity contribution in [3.8, 4) is 5.75 Å². The van der Waals surface area contributed by atoms with Crippen molar-refractivity contribution in [1.82, 2.24) is 4.90 Å². The van der Waals surface area contributed by atoms with Crippen LogP contribution in [0.1, 0.15) is 19.8 Å². The van der Waals surface area contributed by atoms with E-state index < -0.39 is 11.6 Å². The van der Waals surface area contributed by atoms with Crippen LogP contribution in [0.3, 0.4) is 0 Å². The Labute approximate surface area is 122 Å². The summed E-state index contributed by atoms with van der Waals surface area (Å²) in [6.45, 7) is 2.94. The first-order valence-corrected chi connectivity index (χ1v) is 7.08. The first-order valence-electron chi connectivity index (χ1n) is 7.08. The molecule has 1 saturated heterocycles. The van der Waals surface area contributed by atoms with Gasteiger partial charge in [-0.05, 0) is 37.8 Å². The third-order valence-corrected chi connectivity index (χ3v) is 3.80. The van der Waals surface area contributed by atoms with Crippen molar-refractivity contribution < 1.29 is 18.3 Å². The van der Waals surface area contributed by atoms with Gasteiger partial charge in [0.2, 0.25) is 0 Å². The highest BCUT2D eigenvalue weighted by molar-refractivity contribution is 5.77. The summed E-state index contributed by atoms with van der Waals surface area (Å²) < 4.78 is 31.3. The van der Waals surface area contributed by atoms with Gasteiger partial charge >= 0.3 is 0 Å². The molecule has 1 heterocycles. The molecule has 6 heteroatoms. The van der Waals surface area contributed by atoms with E-state index in [9.17, 15) is 13.6 Å². The number of nitrogens with two attached hydrogens (primary N) is 1. The minimum Gasteiger partial charge on any atom is -0.481 e. The van der Waals surface area contributed by atoms with Crippen LogP contribution in [0.4, 0.5) is 8.78 Å². The summed E-state index contributed by atoms with van der Waals surface area (Å²) >= 11 is 0. The molecule has 4 nitrogen and oxygen atoms in total. The number of amides is 1. The molecule has 2 rings (SSSR count). The lowest BCUT2D eigenvalue weighted by atomic mass is 9.92. The van der Waals surface area contributed by atoms with Gasteiger partial charge in [-0.25, -0.2) is 8.78 Å². The number of nitrogens with zero attached hydrogens (tertiary/aromatic N) is 1. The number of rotatable bonds is 4. The van der Waals surface area contributed by atoms with E-state index in [0.29, 0.717) is 13.1 Å². The van der Waals surface area contributed by atoms with Crippen LogP contribution in [0.2, 0.25) is 0 Å². The smallest absolute Gasteiger partial charge is 0.260 e. The fourth-order valence-electron chi connectivity index (χ4n) is 2.49. The molecule has 0 spiro atoms. The highest BCUT2D eigenvalue weighted by atomic mass is 19.1. The van der Waals surface area contributed by atoms with Gasteiger partial charge in [-0.3, -0.25) is 4.79 Å². The van der Waals surface area contributed by atoms with E-state index in [0.717, 1.165) is 25.0 Å². The number of carbonyl (C=O) groups is 1. The second kappa shape index (κ2) is 6.85. The Hall–Kier alpha value is -1.69. The van der Waals surface area contributed by atoms with E-state index in [2.05, 4.69) is 0 Å². The summed E-state index contributed by atoms with van der Waals surface area (Å²) in [5, 5.41) is 0. The normalized spacial score (nSPS) is 20.2. The minimum absolute atomic E-state index is 0.0380. The summed E-state index contributed by atoms with van der Waals surface area (Å²) in [7, 11) is 0. The second-order valence-electron chi connectivity index (χ2n) is 5.46. The maximum atomic E-state index is 13.4. The molecule has 116 valence electrons. The first kappa shape index (κ1) is 15.7. The van der Waals surface area contributed by atoms with E-state index in [1.807, 2.05) is 6.92 Å². The Morgan fingerprint density at radius 2 is 2.29 bits per heavy atom. The van der Waals surface area contributed by atoms with Crippen LogP contribution in [-0.4, -0.2) is 36.5 Å². The monoisotopic (exact) mass is 298 g/mol. The highest BCUT2D eigenvalue weighted by Crippen LogP contribution is 2.20. The molecule has 0 aliphatic carbocycles. The van der Waals surface area contributed by atoms with E-state index in [4.69, 9.17) is 10.5 Å². The molecule has 0 bridgehead atoms. The first-order chi connectivity index (χ1) is 9.97. The van der Waals surface area contributed by atoms with Gasteiger partial charge in [0.15, 0.2) is 18.2 Å². The zero-order valence-electron chi connectivity index (χ0n) is 12.0. The van der Waals surface area contributed by atoms with Crippen molar-refractivity contribution >= 4 is 5.91 Å². The lowest BCUT2D eigenvalue weighted by Crippen LogP contribution is -2.46. The van der Waals surface area contributed by atoms with Gasteiger partial charge in [-0.15, -0.1) is 0 Å². The van der Waals surface area contributed by atoms with Gasteiger partial charge in [0.1, 0.15) is 5.82 Å². The van der Waals surface area contributed by atoms with Crippen molar-refractivity contribution in [2.45, 2.75) is 25.8 Å². The minimum atomic E-state index is -0.810. The molecule has 1 aromatic carbocycles. The summed E-state index contributed by atoms with van der Waals surface area (Å²) in [6, 6.07) is 3.04. The van der Waals surface area contributed by atoms with Gasteiger partial charge in [-0.2, -0.15) is 0 Å². The van der Waals surface area contributed by atoms with Crippen molar-refractivity contribution in [3.63, 3.8) is 0 Å². The molecule has 21 heavy (non-hydrogen) atoms. The molecule has 1 aliphatic heterocycles. The van der Waals surface area contributed by atoms with Crippen LogP contribution in [0, 0.1) is 17.6 Å². The van der Waals surface area contributed by atoms with Crippen molar-refractivity contribution in [3.05, 3.63) is 29.8 Å². The number of ether oxygens (including phenoxy) is 1. The topological polar surface area (TPSA) is 55.6 Å². The molecule has 0 aromatic heterocycles. The largest absolute Gasteiger partial charge is 0.481 e. The summed E-state index contributed by atoms with van der Waals surface area (Å²) in [6.07, 6.45) is 1.91. The Balaban J connectivity index is 1.89. The third kappa shape index (κ3) is 4.14. The standard InChI is InChI=1S/C15H20F2N2O2/c1-10(18)11-3-2-6-19(8-11)15(20)9-21-14-5-4-12(16)7-13(14)17/h4-5,7,10-11H,2-3,6,8-9,18H2,1H3. The number of likely N-dealkylation sites (tertiary alicyclic amines) is 1. The molecule has 1 aliphatic rings. The molecule has 2 N–H and O–H groups in total. The number of halogens is 2. The molecular formula is C15H20F2N2O2. The maximum Gasteiger partial charge on any atom is 0.260 e. The predicted octanol–water partition coefficient (Wildman–Crippen LogP) is 1.93. The van der Waals surface area contributed by atoms with Gasteiger partial charge < -0.3 is 15.4 Å². The average molecular weight is 298 g/mol. The number of hydrogen-bond donors (Lipinski definition) is 1. The van der Waals surface area contributed by atoms with E-state index >= 15 is 0 Å². The predicted molar refractivity (Wildman–Crippen MR) is 74.8 cm³/mol. The van der Waals surface area contributed by atoms with Crippen molar-refractivity contribution in [2.75, 3.05) is 19.7 Å². The molecule has 1 aromatic rings. The zero-order chi connectivity index (χ0) is 15.4. The van der Waals surface area contributed by atoms with Gasteiger partial charge in [-0.1, -0.05) is 0 Å². The van der Waals surface area contributed by atoms with Gasteiger partial charge in [0.25, 0.3) is 5.91 Å². The summed E-state index contributed by atoms with van der Waals surface area (Å²) in [4.78, 5) is 13.8. The summed E-state index contributed by atoms with van der Waals surface area (Å²) in [5.41, 5.74) is 5.87. The molecule has 2 atom stereocenters. The van der Waals surface area contributed by atoms with Crippen LogP contribution in [0.15, 0.2) is 18.2 Å². The Kier molecular flexibility index (Phi) is 5.12. The fourth-order valence-corrected chi connectivity index (χ4v) is 2.49. The molecule has 1 amide bonds. The third-order valence-electron chi connectivity index (χ3n) is 3.80. The SMILES string of the molecule is CC(N)C1CCCN(C(=O)COc2ccc(F)cc2F)C1. The highest BCUT2D eigenvalue weighted by Gasteiger charge is 2.26. The Bertz CT molecular complexity index is 508. The van der Waals surface area contributed by atoms with E-state index in [1.54, 1.807) is 4.90 Å². The van der Waals surface area contributed by atoms with Crippen LogP contribution in [-0.2, 0) is 4.79 Å². The van der Waals surface area contributed by atoms with Crippen LogP contribution < -0.4 is 10.5 Å². The lowest BCUT2D eigenvalue weighted by Gasteiger charge is -2.34. The van der Waals surface area contributed by atoms with E-state index in [1.165, 1.54) is 6.07 Å². The molecule has 2 unspecified atom stereocenters. The Morgan fingerprint density at radius 1 is 1.52 bits per heavy atom. The second-order valence-corrected chi connectivity index (χ2v) is 5.46. The zero-order valence-corrected chi connectivity index (χ0v) is 12.0. The summed E-state index contributed by atoms with van der Waals surface area (Å²) in [5.74, 6) is -1.53. The number of piperidine rings is 1. The maximum absolute atomic E-state index is 13.4. The molecule has 0 radical (unpaired) electrons. The average Bonchev–Trinajstić information content (AvgIpc) is 2.46. The van der Waals surface area contributed by atoms with Crippen LogP contribution in [0.25, 0.3) is 0 Å². The molecule has 0 saturated carbocycles. The lowest BCUT2D eigenvalue weighted by molar-refractivity contribution is -0.135. The number of benzene rings is 1. The fraction of sp³-hybridized carbons (Fsp3) is 0.533. The number of hydrogen-bond acceptors (Lipinski definition) is 3. The van der Waals surface area contributed by atoms with E-state index in [-0.39, 0.29) is 30.2 Å². The van der Waals surface area contributed by atoms with Crippen molar-refractivity contribution in [1.29, 1.82) is 0 Å². The van der Waals surface area contributed by atoms with Gasteiger partial charge in [0.05, 0.1) is 0 Å². The van der Waals surface area contributed by atoms with Crippen LogP contribution >= 0.6 is 0 Å². The quantitative estimate of drug-likeness (QED) is 0.924. The van der Waals surface area contributed by atoms with Gasteiger partial charge in [0, 0.05) is 25.2 Å². The molecular weight excluding hydrogens is 278 g/mol. The van der Waals surface area contributed by atoms with Crippen molar-refractivity contribution in [2.24, 2.45) is 11.7 Å². The Morgan fingerprint density at radius 3 is 2.95 bits per heavy atom. The van der Waals surface area contributed by atoms with Crippen LogP contribution in [0.5, 0.6) is 5.75 Å². The number of carbonyl (C=O) groups excluding carboxylic acids is 1.